The Balaban J connectivity index is 1.97. The smallest absolute Gasteiger partial charge is 0.241 e. The van der Waals surface area contributed by atoms with Gasteiger partial charge in [0.2, 0.25) is 10.0 Å². The molecule has 0 fully saturated rings. The number of hydrogen-bond acceptors (Lipinski definition) is 5. The van der Waals surface area contributed by atoms with Crippen LogP contribution in [0.3, 0.4) is 0 Å². The average Bonchev–Trinajstić information content (AvgIpc) is 2.90. The van der Waals surface area contributed by atoms with Crippen molar-refractivity contribution in [2.75, 3.05) is 36.0 Å². The summed E-state index contributed by atoms with van der Waals surface area (Å²) in [6, 6.07) is 23.3. The second-order valence-electron chi connectivity index (χ2n) is 8.47. The van der Waals surface area contributed by atoms with E-state index in [0.29, 0.717) is 0 Å². The Morgan fingerprint density at radius 2 is 1.11 bits per heavy atom. The van der Waals surface area contributed by atoms with Crippen LogP contribution in [0.15, 0.2) is 83.8 Å². The molecule has 3 rings (SSSR count). The SMILES string of the molecule is CCN(CC)c1ccc([C@@H](N)[C@H](NS(=O)(=O)c2ccccc2)c2ccc(N(CC)CC)cc2)cc1. The first kappa shape index (κ1) is 26.7. The summed E-state index contributed by atoms with van der Waals surface area (Å²) in [4.78, 5) is 4.73. The summed E-state index contributed by atoms with van der Waals surface area (Å²) < 4.78 is 29.4. The molecular formula is C28H38N4O2S. The topological polar surface area (TPSA) is 78.7 Å². The summed E-state index contributed by atoms with van der Waals surface area (Å²) in [7, 11) is -3.77. The molecule has 0 heterocycles. The number of nitrogens with one attached hydrogen (secondary N) is 1. The van der Waals surface area contributed by atoms with Crippen molar-refractivity contribution in [2.45, 2.75) is 44.7 Å². The van der Waals surface area contributed by atoms with Gasteiger partial charge in [0.25, 0.3) is 0 Å². The van der Waals surface area contributed by atoms with Crippen LogP contribution in [0, 0.1) is 0 Å². The van der Waals surface area contributed by atoms with Crippen molar-refractivity contribution in [2.24, 2.45) is 5.73 Å². The van der Waals surface area contributed by atoms with Crippen molar-refractivity contribution in [3.8, 4) is 0 Å². The molecule has 7 heteroatoms. The minimum atomic E-state index is -3.77. The van der Waals surface area contributed by atoms with E-state index < -0.39 is 22.1 Å². The number of benzene rings is 3. The lowest BCUT2D eigenvalue weighted by molar-refractivity contribution is 0.504. The van der Waals surface area contributed by atoms with Gasteiger partial charge in [0.05, 0.1) is 17.0 Å². The maximum Gasteiger partial charge on any atom is 0.241 e. The molecule has 3 aromatic carbocycles. The summed E-state index contributed by atoms with van der Waals surface area (Å²) >= 11 is 0. The third kappa shape index (κ3) is 6.42. The first-order chi connectivity index (χ1) is 16.8. The van der Waals surface area contributed by atoms with Crippen molar-refractivity contribution >= 4 is 21.4 Å². The van der Waals surface area contributed by atoms with E-state index in [1.165, 1.54) is 0 Å². The van der Waals surface area contributed by atoms with Crippen molar-refractivity contribution in [1.29, 1.82) is 0 Å². The quantitative estimate of drug-likeness (QED) is 0.366. The summed E-state index contributed by atoms with van der Waals surface area (Å²) in [5, 5.41) is 0. The Kier molecular flexibility index (Phi) is 9.32. The fourth-order valence-electron chi connectivity index (χ4n) is 4.35. The summed E-state index contributed by atoms with van der Waals surface area (Å²) in [6.45, 7) is 12.1. The van der Waals surface area contributed by atoms with E-state index in [-0.39, 0.29) is 4.90 Å². The Labute approximate surface area is 210 Å². The van der Waals surface area contributed by atoms with Gasteiger partial charge in [-0.15, -0.1) is 0 Å². The number of nitrogens with two attached hydrogens (primary N) is 1. The Bertz CT molecular complexity index is 1140. The number of hydrogen-bond donors (Lipinski definition) is 2. The van der Waals surface area contributed by atoms with Crippen molar-refractivity contribution in [1.82, 2.24) is 4.72 Å². The van der Waals surface area contributed by atoms with E-state index in [9.17, 15) is 8.42 Å². The molecule has 35 heavy (non-hydrogen) atoms. The molecule has 2 atom stereocenters. The summed E-state index contributed by atoms with van der Waals surface area (Å²) in [5.74, 6) is 0. The van der Waals surface area contributed by atoms with Crippen LogP contribution in [0.25, 0.3) is 0 Å². The highest BCUT2D eigenvalue weighted by molar-refractivity contribution is 7.89. The highest BCUT2D eigenvalue weighted by atomic mass is 32.2. The molecule has 6 nitrogen and oxygen atoms in total. The van der Waals surface area contributed by atoms with Crippen LogP contribution >= 0.6 is 0 Å². The molecule has 0 saturated carbocycles. The second kappa shape index (κ2) is 12.2. The van der Waals surface area contributed by atoms with E-state index >= 15 is 0 Å². The van der Waals surface area contributed by atoms with E-state index in [4.69, 9.17) is 5.73 Å². The van der Waals surface area contributed by atoms with Gasteiger partial charge in [-0.25, -0.2) is 13.1 Å². The van der Waals surface area contributed by atoms with Gasteiger partial charge in [0.1, 0.15) is 0 Å². The van der Waals surface area contributed by atoms with Crippen LogP contribution in [0.5, 0.6) is 0 Å². The van der Waals surface area contributed by atoms with Crippen LogP contribution in [-0.4, -0.2) is 34.6 Å². The second-order valence-corrected chi connectivity index (χ2v) is 10.2. The molecule has 0 aliphatic heterocycles. The molecule has 0 aliphatic carbocycles. The minimum Gasteiger partial charge on any atom is -0.372 e. The molecular weight excluding hydrogens is 456 g/mol. The molecule has 0 aromatic heterocycles. The van der Waals surface area contributed by atoms with Gasteiger partial charge in [0, 0.05) is 37.6 Å². The van der Waals surface area contributed by atoms with Crippen molar-refractivity contribution in [3.63, 3.8) is 0 Å². The predicted molar refractivity (Wildman–Crippen MR) is 146 cm³/mol. The van der Waals surface area contributed by atoms with Gasteiger partial charge < -0.3 is 15.5 Å². The van der Waals surface area contributed by atoms with E-state index in [1.807, 2.05) is 36.4 Å². The number of rotatable bonds is 12. The number of sulfonamides is 1. The van der Waals surface area contributed by atoms with Crippen LogP contribution in [0.4, 0.5) is 11.4 Å². The molecule has 0 spiro atoms. The lowest BCUT2D eigenvalue weighted by Crippen LogP contribution is -2.36. The molecule has 0 aliphatic rings. The van der Waals surface area contributed by atoms with Crippen molar-refractivity contribution in [3.05, 3.63) is 90.0 Å². The summed E-state index contributed by atoms with van der Waals surface area (Å²) in [5.41, 5.74) is 10.7. The van der Waals surface area contributed by atoms with Gasteiger partial charge in [-0.3, -0.25) is 0 Å². The summed E-state index contributed by atoms with van der Waals surface area (Å²) in [6.07, 6.45) is 0. The third-order valence-electron chi connectivity index (χ3n) is 6.48. The predicted octanol–water partition coefficient (Wildman–Crippen LogP) is 5.10. The highest BCUT2D eigenvalue weighted by Gasteiger charge is 2.28. The molecule has 3 aromatic rings. The largest absolute Gasteiger partial charge is 0.372 e. The minimum absolute atomic E-state index is 0.217. The molecule has 0 unspecified atom stereocenters. The normalized spacial score (nSPS) is 13.3. The number of nitrogens with zero attached hydrogens (tertiary/aromatic N) is 2. The van der Waals surface area contributed by atoms with E-state index in [2.05, 4.69) is 54.3 Å². The van der Waals surface area contributed by atoms with E-state index in [1.54, 1.807) is 30.3 Å². The maximum absolute atomic E-state index is 13.3. The van der Waals surface area contributed by atoms with Gasteiger partial charge in [-0.05, 0) is 75.2 Å². The lowest BCUT2D eigenvalue weighted by Gasteiger charge is -2.28. The van der Waals surface area contributed by atoms with E-state index in [0.717, 1.165) is 48.7 Å². The zero-order chi connectivity index (χ0) is 25.4. The van der Waals surface area contributed by atoms with Gasteiger partial charge in [-0.1, -0.05) is 42.5 Å². The fraction of sp³-hybridized carbons (Fsp3) is 0.357. The Morgan fingerprint density at radius 1 is 0.686 bits per heavy atom. The number of anilines is 2. The van der Waals surface area contributed by atoms with Gasteiger partial charge in [-0.2, -0.15) is 0 Å². The third-order valence-corrected chi connectivity index (χ3v) is 7.94. The molecule has 188 valence electrons. The van der Waals surface area contributed by atoms with Crippen molar-refractivity contribution < 1.29 is 8.42 Å². The first-order valence-electron chi connectivity index (χ1n) is 12.4. The van der Waals surface area contributed by atoms with Gasteiger partial charge >= 0.3 is 0 Å². The Hall–Kier alpha value is -2.87. The standard InChI is InChI=1S/C28H38N4O2S/c1-5-31(6-2)24-18-14-22(15-19-24)27(29)28(30-35(33,34)26-12-10-9-11-13-26)23-16-20-25(21-17-23)32(7-3)8-4/h9-21,27-28,30H,5-8,29H2,1-4H3/t27-,28-/m1/s1. The van der Waals surface area contributed by atoms with Crippen LogP contribution in [0.1, 0.15) is 50.9 Å². The average molecular weight is 495 g/mol. The van der Waals surface area contributed by atoms with Gasteiger partial charge in [0.15, 0.2) is 0 Å². The molecule has 0 amide bonds. The zero-order valence-corrected chi connectivity index (χ0v) is 22.0. The molecule has 3 N–H and O–H groups in total. The maximum atomic E-state index is 13.3. The zero-order valence-electron chi connectivity index (χ0n) is 21.2. The molecule has 0 bridgehead atoms. The molecule has 0 radical (unpaired) electrons. The monoisotopic (exact) mass is 494 g/mol. The fourth-order valence-corrected chi connectivity index (χ4v) is 5.62. The lowest BCUT2D eigenvalue weighted by atomic mass is 9.94. The Morgan fingerprint density at radius 3 is 1.54 bits per heavy atom. The highest BCUT2D eigenvalue weighted by Crippen LogP contribution is 2.31. The van der Waals surface area contributed by atoms with Crippen LogP contribution in [-0.2, 0) is 10.0 Å². The van der Waals surface area contributed by atoms with Crippen LogP contribution in [0.2, 0.25) is 0 Å². The first-order valence-corrected chi connectivity index (χ1v) is 13.9. The van der Waals surface area contributed by atoms with Crippen LogP contribution < -0.4 is 20.3 Å². The molecule has 0 saturated heterocycles.